The van der Waals surface area contributed by atoms with E-state index >= 15 is 0 Å². The van der Waals surface area contributed by atoms with Crippen LogP contribution in [0.15, 0.2) is 29.2 Å². The Kier molecular flexibility index (Phi) is 4.98. The van der Waals surface area contributed by atoms with Gasteiger partial charge in [-0.25, -0.2) is 8.42 Å². The van der Waals surface area contributed by atoms with Gasteiger partial charge in [0.2, 0.25) is 10.0 Å². The molecule has 0 aliphatic carbocycles. The number of nitrogens with two attached hydrogens (primary N) is 1. The van der Waals surface area contributed by atoms with Crippen LogP contribution in [0.3, 0.4) is 0 Å². The highest BCUT2D eigenvalue weighted by molar-refractivity contribution is 7.89. The van der Waals surface area contributed by atoms with Gasteiger partial charge in [-0.3, -0.25) is 20.0 Å². The third-order valence-corrected chi connectivity index (χ3v) is 6.69. The molecule has 11 heteroatoms. The number of nitro groups is 1. The van der Waals surface area contributed by atoms with Crippen molar-refractivity contribution in [1.29, 1.82) is 0 Å². The summed E-state index contributed by atoms with van der Waals surface area (Å²) in [7, 11) is -3.80. The lowest BCUT2D eigenvalue weighted by molar-refractivity contribution is -0.385. The zero-order valence-electron chi connectivity index (χ0n) is 14.6. The number of H-pyrrole nitrogens is 1. The Bertz CT molecular complexity index is 1000. The average Bonchev–Trinajstić information content (AvgIpc) is 3.12. The van der Waals surface area contributed by atoms with E-state index in [0.29, 0.717) is 24.2 Å². The maximum Gasteiger partial charge on any atom is 0.269 e. The molecule has 144 valence electrons. The van der Waals surface area contributed by atoms with Crippen molar-refractivity contribution >= 4 is 21.6 Å². The number of aryl methyl sites for hydroxylation is 1. The average molecular weight is 393 g/mol. The fraction of sp³-hybridized carbons (Fsp3) is 0.375. The second kappa shape index (κ2) is 7.08. The van der Waals surface area contributed by atoms with Crippen molar-refractivity contribution in [3.8, 4) is 0 Å². The quantitative estimate of drug-likeness (QED) is 0.577. The summed E-state index contributed by atoms with van der Waals surface area (Å²) in [5.41, 5.74) is 6.14. The number of sulfonamides is 1. The molecule has 3 N–H and O–H groups in total. The third-order valence-electron chi connectivity index (χ3n) is 4.66. The van der Waals surface area contributed by atoms with Crippen molar-refractivity contribution in [1.82, 2.24) is 14.5 Å². The van der Waals surface area contributed by atoms with Gasteiger partial charge in [-0.2, -0.15) is 9.40 Å². The highest BCUT2D eigenvalue weighted by Gasteiger charge is 2.33. The number of hydrogen-bond acceptors (Lipinski definition) is 6. The molecular formula is C16H19N5O5S. The zero-order valence-corrected chi connectivity index (χ0v) is 15.4. The molecule has 1 fully saturated rings. The van der Waals surface area contributed by atoms with Crippen LogP contribution in [0.2, 0.25) is 0 Å². The number of non-ortho nitro benzene ring substituents is 1. The summed E-state index contributed by atoms with van der Waals surface area (Å²) in [4.78, 5) is 21.6. The highest BCUT2D eigenvalue weighted by Crippen LogP contribution is 2.31. The topological polar surface area (TPSA) is 152 Å². The first-order valence-electron chi connectivity index (χ1n) is 8.30. The summed E-state index contributed by atoms with van der Waals surface area (Å²) in [6.45, 7) is 2.11. The van der Waals surface area contributed by atoms with Gasteiger partial charge < -0.3 is 5.73 Å². The molecule has 1 aromatic heterocycles. The smallest absolute Gasteiger partial charge is 0.269 e. The van der Waals surface area contributed by atoms with Crippen molar-refractivity contribution in [3.05, 3.63) is 51.3 Å². The molecule has 0 radical (unpaired) electrons. The summed E-state index contributed by atoms with van der Waals surface area (Å²) in [5, 5.41) is 17.5. The second-order valence-corrected chi connectivity index (χ2v) is 8.39. The van der Waals surface area contributed by atoms with Crippen LogP contribution in [-0.2, 0) is 10.0 Å². The Hall–Kier alpha value is -2.79. The van der Waals surface area contributed by atoms with Gasteiger partial charge >= 0.3 is 0 Å². The maximum atomic E-state index is 13.0. The molecule has 1 aromatic carbocycles. The van der Waals surface area contributed by atoms with E-state index in [0.717, 1.165) is 6.42 Å². The number of hydrogen-bond donors (Lipinski definition) is 2. The van der Waals surface area contributed by atoms with Gasteiger partial charge in [-0.1, -0.05) is 0 Å². The van der Waals surface area contributed by atoms with Crippen molar-refractivity contribution in [2.24, 2.45) is 5.73 Å². The Morgan fingerprint density at radius 3 is 2.74 bits per heavy atom. The fourth-order valence-electron chi connectivity index (χ4n) is 3.26. The highest BCUT2D eigenvalue weighted by atomic mass is 32.2. The summed E-state index contributed by atoms with van der Waals surface area (Å²) in [5.74, 6) is -0.799. The predicted octanol–water partition coefficient (Wildman–Crippen LogP) is 1.29. The lowest BCUT2D eigenvalue weighted by Crippen LogP contribution is -2.39. The Morgan fingerprint density at radius 2 is 2.15 bits per heavy atom. The Balaban J connectivity index is 1.86. The predicted molar refractivity (Wildman–Crippen MR) is 95.7 cm³/mol. The molecule has 1 aliphatic rings. The largest absolute Gasteiger partial charge is 0.364 e. The number of piperidine rings is 1. The van der Waals surface area contributed by atoms with Gasteiger partial charge in [-0.05, 0) is 37.5 Å². The first kappa shape index (κ1) is 19.0. The number of primary amides is 1. The molecule has 1 unspecified atom stereocenters. The number of nitrogens with zero attached hydrogens (tertiary/aromatic N) is 3. The minimum absolute atomic E-state index is 0.0520. The lowest BCUT2D eigenvalue weighted by atomic mass is 9.96. The maximum absolute atomic E-state index is 13.0. The van der Waals surface area contributed by atoms with Crippen molar-refractivity contribution < 1.29 is 18.1 Å². The molecule has 1 atom stereocenters. The van der Waals surface area contributed by atoms with Gasteiger partial charge in [0, 0.05) is 36.8 Å². The number of nitrogens with one attached hydrogen (secondary N) is 1. The molecule has 0 bridgehead atoms. The SMILES string of the molecule is Cc1cc([N+](=O)[O-])ccc1S(=O)(=O)N1CCCC(c2cc(C(N)=O)n[nH]2)C1. The first-order valence-corrected chi connectivity index (χ1v) is 9.74. The van der Waals surface area contributed by atoms with Crippen LogP contribution in [0.4, 0.5) is 5.69 Å². The molecule has 0 saturated carbocycles. The monoisotopic (exact) mass is 393 g/mol. The van der Waals surface area contributed by atoms with Crippen LogP contribution < -0.4 is 5.73 Å². The molecular weight excluding hydrogens is 374 g/mol. The van der Waals surface area contributed by atoms with E-state index in [9.17, 15) is 23.3 Å². The van der Waals surface area contributed by atoms with Gasteiger partial charge in [0.05, 0.1) is 9.82 Å². The van der Waals surface area contributed by atoms with Gasteiger partial charge in [-0.15, -0.1) is 0 Å². The summed E-state index contributed by atoms with van der Waals surface area (Å²) < 4.78 is 27.4. The molecule has 3 rings (SSSR count). The lowest BCUT2D eigenvalue weighted by Gasteiger charge is -2.31. The minimum Gasteiger partial charge on any atom is -0.364 e. The number of nitro benzene ring substituents is 1. The van der Waals surface area contributed by atoms with Gasteiger partial charge in [0.25, 0.3) is 11.6 Å². The van der Waals surface area contributed by atoms with Crippen LogP contribution in [-0.4, -0.2) is 46.8 Å². The van der Waals surface area contributed by atoms with Crippen LogP contribution in [0.5, 0.6) is 0 Å². The van der Waals surface area contributed by atoms with E-state index in [2.05, 4.69) is 10.2 Å². The third kappa shape index (κ3) is 3.69. The first-order chi connectivity index (χ1) is 12.7. The molecule has 27 heavy (non-hydrogen) atoms. The van der Waals surface area contributed by atoms with E-state index in [1.54, 1.807) is 6.07 Å². The van der Waals surface area contributed by atoms with E-state index < -0.39 is 20.9 Å². The minimum atomic E-state index is -3.80. The molecule has 2 aromatic rings. The van der Waals surface area contributed by atoms with Crippen LogP contribution in [0, 0.1) is 17.0 Å². The molecule has 10 nitrogen and oxygen atoms in total. The zero-order chi connectivity index (χ0) is 19.8. The summed E-state index contributed by atoms with van der Waals surface area (Å²) >= 11 is 0. The van der Waals surface area contributed by atoms with E-state index in [1.165, 1.54) is 29.4 Å². The number of carbonyl (C=O) groups is 1. The Morgan fingerprint density at radius 1 is 1.41 bits per heavy atom. The van der Waals surface area contributed by atoms with E-state index in [4.69, 9.17) is 5.73 Å². The van der Waals surface area contributed by atoms with Crippen molar-refractivity contribution in [3.63, 3.8) is 0 Å². The summed E-state index contributed by atoms with van der Waals surface area (Å²) in [6, 6.07) is 5.26. The van der Waals surface area contributed by atoms with E-state index in [1.807, 2.05) is 0 Å². The molecule has 1 aliphatic heterocycles. The van der Waals surface area contributed by atoms with Gasteiger partial charge in [0.15, 0.2) is 0 Å². The normalized spacial score (nSPS) is 18.3. The molecule has 1 saturated heterocycles. The van der Waals surface area contributed by atoms with Crippen molar-refractivity contribution in [2.75, 3.05) is 13.1 Å². The van der Waals surface area contributed by atoms with Gasteiger partial charge in [0.1, 0.15) is 5.69 Å². The number of carbonyl (C=O) groups excluding carboxylic acids is 1. The number of amides is 1. The van der Waals surface area contributed by atoms with Crippen LogP contribution in [0.1, 0.15) is 40.5 Å². The van der Waals surface area contributed by atoms with E-state index in [-0.39, 0.29) is 28.7 Å². The molecule has 0 spiro atoms. The number of rotatable bonds is 5. The summed E-state index contributed by atoms with van der Waals surface area (Å²) in [6.07, 6.45) is 1.38. The number of benzene rings is 1. The van der Waals surface area contributed by atoms with Crippen LogP contribution >= 0.6 is 0 Å². The Labute approximate surface area is 155 Å². The van der Waals surface area contributed by atoms with Crippen molar-refractivity contribution in [2.45, 2.75) is 30.6 Å². The molecule has 1 amide bonds. The second-order valence-electron chi connectivity index (χ2n) is 6.48. The number of aromatic amines is 1. The standard InChI is InChI=1S/C16H19N5O5S/c1-10-7-12(21(23)24)4-5-15(10)27(25,26)20-6-2-3-11(9-20)13-8-14(16(17)22)19-18-13/h4-5,7-8,11H,2-3,6,9H2,1H3,(H2,17,22)(H,18,19). The van der Waals surface area contributed by atoms with Crippen LogP contribution in [0.25, 0.3) is 0 Å². The fourth-order valence-corrected chi connectivity index (χ4v) is 4.99. The number of aromatic nitrogens is 2. The molecule has 2 heterocycles.